The Morgan fingerprint density at radius 2 is 1.71 bits per heavy atom. The van der Waals surface area contributed by atoms with Crippen molar-refractivity contribution >= 4 is 34.9 Å². The van der Waals surface area contributed by atoms with Gasteiger partial charge in [-0.1, -0.05) is 39.3 Å². The van der Waals surface area contributed by atoms with Crippen LogP contribution in [0.25, 0.3) is 16.9 Å². The Hall–Kier alpha value is -3.27. The number of methoxy groups -OCH3 is 1. The quantitative estimate of drug-likeness (QED) is 0.235. The number of carbonyl (C=O) groups excluding carboxylic acids is 2. The van der Waals surface area contributed by atoms with Gasteiger partial charge in [0.2, 0.25) is 0 Å². The van der Waals surface area contributed by atoms with Gasteiger partial charge in [-0.2, -0.15) is 9.61 Å². The van der Waals surface area contributed by atoms with E-state index in [9.17, 15) is 18.4 Å². The van der Waals surface area contributed by atoms with Crippen LogP contribution >= 0.6 is 11.6 Å². The first-order valence-corrected chi connectivity index (χ1v) is 14.5. The Labute approximate surface area is 243 Å². The first-order valence-electron chi connectivity index (χ1n) is 14.1. The molecule has 5 rings (SSSR count). The lowest BCUT2D eigenvalue weighted by atomic mass is 10.0. The molecule has 1 aliphatic carbocycles. The summed E-state index contributed by atoms with van der Waals surface area (Å²) in [6.45, 7) is 12.5. The fraction of sp³-hybridized carbons (Fsp3) is 0.533. The summed E-state index contributed by atoms with van der Waals surface area (Å²) < 4.78 is 35.3. The molecule has 1 saturated heterocycles. The summed E-state index contributed by atoms with van der Waals surface area (Å²) in [5.41, 5.74) is 1.23. The lowest BCUT2D eigenvalue weighted by molar-refractivity contribution is -0.141. The molecule has 1 amide bonds. The third-order valence-electron chi connectivity index (χ3n) is 8.51. The van der Waals surface area contributed by atoms with E-state index < -0.39 is 16.7 Å². The summed E-state index contributed by atoms with van der Waals surface area (Å²) in [4.78, 5) is 33.9. The number of fused-ring (bicyclic) bond motifs is 2. The molecule has 8 nitrogen and oxygen atoms in total. The number of aromatic nitrogens is 3. The maximum absolute atomic E-state index is 14.4. The standard InChI is InChI=1S/C30H36ClF2N5O3/c1-15(2)12-37(17(5)16(3)4)27-11-24(18-7-22(32)29(31)23(33)8-18)34-26-10-25(35-38(26)27)30(40)36-13-20-19(21(20)14-36)9-28(39)41-6/h7-8,10-11,15-17,19-21H,9,12-14H2,1-6H3/t17-,19?,20+,21?/m1/s1. The van der Waals surface area contributed by atoms with Gasteiger partial charge in [-0.15, -0.1) is 0 Å². The number of amides is 1. The van der Waals surface area contributed by atoms with Crippen LogP contribution < -0.4 is 4.90 Å². The van der Waals surface area contributed by atoms with Gasteiger partial charge in [0.15, 0.2) is 11.3 Å². The zero-order valence-corrected chi connectivity index (χ0v) is 25.0. The molecule has 41 heavy (non-hydrogen) atoms. The van der Waals surface area contributed by atoms with Crippen molar-refractivity contribution in [1.29, 1.82) is 0 Å². The third kappa shape index (κ3) is 5.63. The molecule has 1 aromatic carbocycles. The van der Waals surface area contributed by atoms with E-state index in [1.807, 2.05) is 0 Å². The molecule has 3 aromatic rings. The van der Waals surface area contributed by atoms with E-state index in [1.165, 1.54) is 7.11 Å². The molecule has 220 valence electrons. The number of ether oxygens (including phenoxy) is 1. The number of esters is 1. The Bertz CT molecular complexity index is 1460. The normalized spacial score (nSPS) is 20.6. The molecule has 3 heterocycles. The minimum absolute atomic E-state index is 0.0929. The molecule has 2 unspecified atom stereocenters. The second kappa shape index (κ2) is 11.2. The van der Waals surface area contributed by atoms with Crippen molar-refractivity contribution in [3.63, 3.8) is 0 Å². The van der Waals surface area contributed by atoms with Gasteiger partial charge in [0, 0.05) is 49.8 Å². The number of piperidine rings is 1. The number of nitrogens with zero attached hydrogens (tertiary/aromatic N) is 5. The number of hydrogen-bond acceptors (Lipinski definition) is 6. The van der Waals surface area contributed by atoms with E-state index in [2.05, 4.69) is 44.5 Å². The molecule has 2 fully saturated rings. The monoisotopic (exact) mass is 587 g/mol. The predicted molar refractivity (Wildman–Crippen MR) is 153 cm³/mol. The SMILES string of the molecule is COC(=O)CC1C2CN(C(=O)c3cc4nc(-c5cc(F)c(Cl)c(F)c5)cc(N(CC(C)C)[C@H](C)C(C)C)n4n3)C[C@@H]12. The fourth-order valence-corrected chi connectivity index (χ4v) is 6.01. The average Bonchev–Trinajstić information content (AvgIpc) is 3.27. The van der Waals surface area contributed by atoms with Crippen molar-refractivity contribution in [3.8, 4) is 11.3 Å². The number of likely N-dealkylation sites (tertiary alicyclic amines) is 1. The maximum atomic E-state index is 14.4. The minimum atomic E-state index is -0.873. The summed E-state index contributed by atoms with van der Waals surface area (Å²) in [5.74, 6) is -0.0679. The van der Waals surface area contributed by atoms with Crippen molar-refractivity contribution in [1.82, 2.24) is 19.5 Å². The van der Waals surface area contributed by atoms with E-state index in [4.69, 9.17) is 21.4 Å². The zero-order valence-electron chi connectivity index (χ0n) is 24.2. The van der Waals surface area contributed by atoms with Crippen LogP contribution in [0.4, 0.5) is 14.6 Å². The van der Waals surface area contributed by atoms with Crippen molar-refractivity contribution in [2.75, 3.05) is 31.6 Å². The molecule has 0 radical (unpaired) electrons. The maximum Gasteiger partial charge on any atom is 0.305 e. The van der Waals surface area contributed by atoms with Gasteiger partial charge in [-0.25, -0.2) is 13.8 Å². The first kappa shape index (κ1) is 29.2. The van der Waals surface area contributed by atoms with Crippen LogP contribution in [-0.4, -0.2) is 64.2 Å². The third-order valence-corrected chi connectivity index (χ3v) is 8.87. The summed E-state index contributed by atoms with van der Waals surface area (Å²) >= 11 is 5.74. The lowest BCUT2D eigenvalue weighted by Gasteiger charge is -2.35. The first-order chi connectivity index (χ1) is 19.4. The second-order valence-electron chi connectivity index (χ2n) is 12.1. The van der Waals surface area contributed by atoms with Crippen LogP contribution in [0.2, 0.25) is 5.02 Å². The molecule has 1 saturated carbocycles. The van der Waals surface area contributed by atoms with Crippen molar-refractivity contribution in [3.05, 3.63) is 46.6 Å². The molecule has 0 bridgehead atoms. The summed E-state index contributed by atoms with van der Waals surface area (Å²) in [6.07, 6.45) is 0.379. The van der Waals surface area contributed by atoms with Crippen LogP contribution in [-0.2, 0) is 9.53 Å². The molecule has 2 aromatic heterocycles. The van der Waals surface area contributed by atoms with Crippen LogP contribution in [0, 0.1) is 41.2 Å². The molecule has 0 N–H and O–H groups in total. The molecule has 2 aliphatic rings. The Morgan fingerprint density at radius 1 is 1.07 bits per heavy atom. The van der Waals surface area contributed by atoms with Gasteiger partial charge in [-0.05, 0) is 48.6 Å². The highest BCUT2D eigenvalue weighted by molar-refractivity contribution is 6.31. The van der Waals surface area contributed by atoms with Crippen LogP contribution in [0.5, 0.6) is 0 Å². The van der Waals surface area contributed by atoms with Gasteiger partial charge < -0.3 is 14.5 Å². The molecule has 11 heteroatoms. The number of halogens is 3. The van der Waals surface area contributed by atoms with Gasteiger partial charge >= 0.3 is 5.97 Å². The van der Waals surface area contributed by atoms with E-state index in [0.29, 0.717) is 61.0 Å². The average molecular weight is 588 g/mol. The molecule has 4 atom stereocenters. The predicted octanol–water partition coefficient (Wildman–Crippen LogP) is 5.72. The van der Waals surface area contributed by atoms with Crippen LogP contribution in [0.1, 0.15) is 51.5 Å². The molecule has 0 spiro atoms. The molecular weight excluding hydrogens is 552 g/mol. The Balaban J connectivity index is 1.54. The number of hydrogen-bond donors (Lipinski definition) is 0. The summed E-state index contributed by atoms with van der Waals surface area (Å²) in [7, 11) is 1.39. The number of rotatable bonds is 9. The van der Waals surface area contributed by atoms with Gasteiger partial charge in [0.1, 0.15) is 22.5 Å². The lowest BCUT2D eigenvalue weighted by Crippen LogP contribution is -2.40. The number of carbonyl (C=O) groups is 2. The highest BCUT2D eigenvalue weighted by Gasteiger charge is 2.57. The largest absolute Gasteiger partial charge is 0.469 e. The van der Waals surface area contributed by atoms with Crippen molar-refractivity contribution < 1.29 is 23.1 Å². The molecule has 1 aliphatic heterocycles. The summed E-state index contributed by atoms with van der Waals surface area (Å²) in [6, 6.07) is 5.81. The minimum Gasteiger partial charge on any atom is -0.469 e. The van der Waals surface area contributed by atoms with Gasteiger partial charge in [0.05, 0.1) is 12.8 Å². The Kier molecular flexibility index (Phi) is 7.98. The van der Waals surface area contributed by atoms with E-state index in [0.717, 1.165) is 12.1 Å². The smallest absolute Gasteiger partial charge is 0.305 e. The topological polar surface area (TPSA) is 80.0 Å². The highest BCUT2D eigenvalue weighted by Crippen LogP contribution is 2.53. The highest BCUT2D eigenvalue weighted by atomic mass is 35.5. The van der Waals surface area contributed by atoms with E-state index in [-0.39, 0.29) is 41.0 Å². The van der Waals surface area contributed by atoms with E-state index in [1.54, 1.807) is 21.5 Å². The van der Waals surface area contributed by atoms with Crippen molar-refractivity contribution in [2.45, 2.75) is 47.1 Å². The zero-order chi connectivity index (χ0) is 29.7. The molecular formula is C30H36ClF2N5O3. The number of anilines is 1. The second-order valence-corrected chi connectivity index (χ2v) is 12.4. The van der Waals surface area contributed by atoms with Crippen LogP contribution in [0.15, 0.2) is 24.3 Å². The van der Waals surface area contributed by atoms with E-state index >= 15 is 0 Å². The van der Waals surface area contributed by atoms with Gasteiger partial charge in [-0.3, -0.25) is 9.59 Å². The van der Waals surface area contributed by atoms with Crippen molar-refractivity contribution in [2.24, 2.45) is 29.6 Å². The number of benzene rings is 1. The van der Waals surface area contributed by atoms with Crippen LogP contribution in [0.3, 0.4) is 0 Å². The fourth-order valence-electron chi connectivity index (χ4n) is 5.90. The Morgan fingerprint density at radius 3 is 2.27 bits per heavy atom. The van der Waals surface area contributed by atoms with Gasteiger partial charge in [0.25, 0.3) is 5.91 Å². The summed E-state index contributed by atoms with van der Waals surface area (Å²) in [5, 5.41) is 4.14.